The molecule has 0 spiro atoms. The highest BCUT2D eigenvalue weighted by atomic mass is 15.0. The van der Waals surface area contributed by atoms with Gasteiger partial charge in [0.15, 0.2) is 0 Å². The van der Waals surface area contributed by atoms with Gasteiger partial charge in [-0.25, -0.2) is 0 Å². The smallest absolute Gasteiger partial charge is 0.0221 e. The first-order valence-corrected chi connectivity index (χ1v) is 5.54. The van der Waals surface area contributed by atoms with Crippen LogP contribution in [0.4, 0.5) is 0 Å². The van der Waals surface area contributed by atoms with E-state index in [2.05, 4.69) is 44.2 Å². The van der Waals surface area contributed by atoms with Crippen LogP contribution < -0.4 is 0 Å². The normalized spacial score (nSPS) is 10.0. The van der Waals surface area contributed by atoms with Crippen LogP contribution in [0.5, 0.6) is 0 Å². The highest BCUT2D eigenvalue weighted by molar-refractivity contribution is 5.68. The molecule has 0 aliphatic carbocycles. The highest BCUT2D eigenvalue weighted by Crippen LogP contribution is 2.23. The summed E-state index contributed by atoms with van der Waals surface area (Å²) in [5.41, 5.74) is 5.11. The van der Waals surface area contributed by atoms with E-state index in [1.165, 1.54) is 22.5 Å². The number of hydrogen-bond donors (Lipinski definition) is 0. The fraction of sp³-hybridized carbons (Fsp3) is 0.429. The minimum absolute atomic E-state index is 1.25. The Balaban J connectivity index is 0.000000921. The lowest BCUT2D eigenvalue weighted by Gasteiger charge is -1.98. The van der Waals surface area contributed by atoms with Crippen LogP contribution in [0.1, 0.15) is 43.3 Å². The summed E-state index contributed by atoms with van der Waals surface area (Å²) in [6, 6.07) is 0. The van der Waals surface area contributed by atoms with E-state index < -0.39 is 0 Å². The molecular weight excluding hydrogens is 182 g/mol. The van der Waals surface area contributed by atoms with Gasteiger partial charge >= 0.3 is 0 Å². The second kappa shape index (κ2) is 6.28. The Kier molecular flexibility index (Phi) is 5.76. The molecule has 0 amide bonds. The lowest BCUT2D eigenvalue weighted by atomic mass is 10.1. The van der Waals surface area contributed by atoms with Crippen LogP contribution in [0.2, 0.25) is 0 Å². The average molecular weight is 205 g/mol. The van der Waals surface area contributed by atoms with E-state index in [4.69, 9.17) is 0 Å². The van der Waals surface area contributed by atoms with Gasteiger partial charge < -0.3 is 4.57 Å². The lowest BCUT2D eigenvalue weighted by Crippen LogP contribution is -1.92. The molecule has 0 unspecified atom stereocenters. The SMILES string of the molecule is C=Cc1c(/C=C\C)c(C)n(C)c1C.CC. The summed E-state index contributed by atoms with van der Waals surface area (Å²) < 4.78 is 2.20. The van der Waals surface area contributed by atoms with Crippen molar-refractivity contribution in [2.45, 2.75) is 34.6 Å². The largest absolute Gasteiger partial charge is 0.351 e. The van der Waals surface area contributed by atoms with Crippen LogP contribution >= 0.6 is 0 Å². The zero-order valence-corrected chi connectivity index (χ0v) is 10.9. The molecule has 1 rings (SSSR count). The fourth-order valence-corrected chi connectivity index (χ4v) is 1.64. The van der Waals surface area contributed by atoms with E-state index in [9.17, 15) is 0 Å². The molecule has 0 bridgehead atoms. The monoisotopic (exact) mass is 205 g/mol. The van der Waals surface area contributed by atoms with Crippen LogP contribution in [0, 0.1) is 13.8 Å². The van der Waals surface area contributed by atoms with Crippen LogP contribution in [0.15, 0.2) is 12.7 Å². The zero-order valence-electron chi connectivity index (χ0n) is 10.9. The molecule has 0 fully saturated rings. The molecule has 0 aromatic carbocycles. The maximum atomic E-state index is 3.84. The van der Waals surface area contributed by atoms with Crippen molar-refractivity contribution in [1.29, 1.82) is 0 Å². The van der Waals surface area contributed by atoms with Gasteiger partial charge in [-0.15, -0.1) is 0 Å². The molecule has 0 aliphatic rings. The van der Waals surface area contributed by atoms with Gasteiger partial charge in [-0.3, -0.25) is 0 Å². The van der Waals surface area contributed by atoms with Crippen molar-refractivity contribution in [2.24, 2.45) is 7.05 Å². The Morgan fingerprint density at radius 3 is 1.93 bits per heavy atom. The summed E-state index contributed by atoms with van der Waals surface area (Å²) in [5, 5.41) is 0. The molecule has 1 nitrogen and oxygen atoms in total. The van der Waals surface area contributed by atoms with Gasteiger partial charge in [0.25, 0.3) is 0 Å². The first kappa shape index (κ1) is 13.8. The Morgan fingerprint density at radius 1 is 1.07 bits per heavy atom. The van der Waals surface area contributed by atoms with Crippen molar-refractivity contribution in [2.75, 3.05) is 0 Å². The third-order valence-electron chi connectivity index (χ3n) is 2.61. The fourth-order valence-electron chi connectivity index (χ4n) is 1.64. The molecule has 1 heteroatoms. The van der Waals surface area contributed by atoms with Gasteiger partial charge in [-0.2, -0.15) is 0 Å². The Morgan fingerprint density at radius 2 is 1.53 bits per heavy atom. The zero-order chi connectivity index (χ0) is 12.0. The summed E-state index contributed by atoms with van der Waals surface area (Å²) in [4.78, 5) is 0. The van der Waals surface area contributed by atoms with Crippen molar-refractivity contribution in [1.82, 2.24) is 4.57 Å². The summed E-state index contributed by atoms with van der Waals surface area (Å²) in [6.45, 7) is 14.1. The summed E-state index contributed by atoms with van der Waals surface area (Å²) >= 11 is 0. The van der Waals surface area contributed by atoms with Gasteiger partial charge in [0, 0.05) is 29.6 Å². The molecule has 0 radical (unpaired) electrons. The predicted molar refractivity (Wildman–Crippen MR) is 71.0 cm³/mol. The molecule has 1 aromatic rings. The van der Waals surface area contributed by atoms with Gasteiger partial charge in [0.2, 0.25) is 0 Å². The number of aromatic nitrogens is 1. The Hall–Kier alpha value is -1.24. The minimum Gasteiger partial charge on any atom is -0.351 e. The van der Waals surface area contributed by atoms with Crippen molar-refractivity contribution in [3.8, 4) is 0 Å². The second-order valence-electron chi connectivity index (χ2n) is 3.26. The van der Waals surface area contributed by atoms with Crippen LogP contribution in [0.3, 0.4) is 0 Å². The summed E-state index contributed by atoms with van der Waals surface area (Å²) in [6.07, 6.45) is 6.13. The quantitative estimate of drug-likeness (QED) is 0.676. The number of rotatable bonds is 2. The molecule has 1 aromatic heterocycles. The number of hydrogen-bond acceptors (Lipinski definition) is 0. The first-order chi connectivity index (χ1) is 7.13. The van der Waals surface area contributed by atoms with Crippen molar-refractivity contribution >= 4 is 12.2 Å². The minimum atomic E-state index is 1.25. The third-order valence-corrected chi connectivity index (χ3v) is 2.61. The third kappa shape index (κ3) is 2.62. The Bertz CT molecular complexity index is 354. The summed E-state index contributed by atoms with van der Waals surface area (Å²) in [5.74, 6) is 0. The maximum absolute atomic E-state index is 3.84. The predicted octanol–water partition coefficient (Wildman–Crippen LogP) is 4.34. The molecule has 1 heterocycles. The molecule has 0 saturated heterocycles. The lowest BCUT2D eigenvalue weighted by molar-refractivity contribution is 0.842. The molecule has 0 N–H and O–H groups in total. The van der Waals surface area contributed by atoms with Gasteiger partial charge in [0.05, 0.1) is 0 Å². The Labute approximate surface area is 94.1 Å². The van der Waals surface area contributed by atoms with Crippen molar-refractivity contribution < 1.29 is 0 Å². The highest BCUT2D eigenvalue weighted by Gasteiger charge is 2.09. The molecule has 0 saturated carbocycles. The maximum Gasteiger partial charge on any atom is 0.0221 e. The molecule has 0 atom stereocenters. The second-order valence-corrected chi connectivity index (χ2v) is 3.26. The van der Waals surface area contributed by atoms with Gasteiger partial charge in [0.1, 0.15) is 0 Å². The van der Waals surface area contributed by atoms with E-state index in [0.717, 1.165) is 0 Å². The first-order valence-electron chi connectivity index (χ1n) is 5.54. The van der Waals surface area contributed by atoms with Crippen LogP contribution in [0.25, 0.3) is 12.2 Å². The van der Waals surface area contributed by atoms with E-state index in [1.807, 2.05) is 26.8 Å². The van der Waals surface area contributed by atoms with Crippen molar-refractivity contribution in [3.05, 3.63) is 35.2 Å². The standard InChI is InChI=1S/C12H17N.C2H6/c1-6-8-12-10(4)13(5)9(3)11(12)7-2;1-2/h6-8H,2H2,1,3-5H3;1-2H3/b8-6-;. The topological polar surface area (TPSA) is 4.93 Å². The average Bonchev–Trinajstić information content (AvgIpc) is 2.47. The van der Waals surface area contributed by atoms with E-state index in [0.29, 0.717) is 0 Å². The molecular formula is C14H23N. The van der Waals surface area contributed by atoms with Crippen LogP contribution in [-0.2, 0) is 7.05 Å². The summed E-state index contributed by atoms with van der Waals surface area (Å²) in [7, 11) is 2.09. The van der Waals surface area contributed by atoms with Crippen molar-refractivity contribution in [3.63, 3.8) is 0 Å². The van der Waals surface area contributed by atoms with Gasteiger partial charge in [-0.1, -0.05) is 38.7 Å². The van der Waals surface area contributed by atoms with Crippen LogP contribution in [-0.4, -0.2) is 4.57 Å². The molecule has 0 aliphatic heterocycles. The molecule has 84 valence electrons. The van der Waals surface area contributed by atoms with E-state index >= 15 is 0 Å². The number of nitrogens with zero attached hydrogens (tertiary/aromatic N) is 1. The molecule has 15 heavy (non-hydrogen) atoms. The van der Waals surface area contributed by atoms with E-state index in [-0.39, 0.29) is 0 Å². The number of allylic oxidation sites excluding steroid dienone is 1. The van der Waals surface area contributed by atoms with E-state index in [1.54, 1.807) is 0 Å². The van der Waals surface area contributed by atoms with Gasteiger partial charge in [-0.05, 0) is 20.8 Å².